The Kier molecular flexibility index (Phi) is 1.21. The number of hydrogen-bond acceptors (Lipinski definition) is 2. The number of rotatable bonds is 0. The average molecular weight is 168 g/mol. The van der Waals surface area contributed by atoms with Gasteiger partial charge in [-0.1, -0.05) is 0 Å². The predicted octanol–water partition coefficient (Wildman–Crippen LogP) is 0.417. The largest absolute Gasteiger partial charge is 0.316 e. The molecule has 0 atom stereocenters. The Morgan fingerprint density at radius 2 is 2.33 bits per heavy atom. The first-order chi connectivity index (χ1) is 7.00. The van der Waals surface area contributed by atoms with Gasteiger partial charge in [-0.15, -0.1) is 0 Å². The normalized spacial score (nSPS) is 21.9. The molecule has 3 heteroatoms. The van der Waals surface area contributed by atoms with Crippen molar-refractivity contribution in [3.8, 4) is 0 Å². The van der Waals surface area contributed by atoms with E-state index in [0.717, 1.165) is 42.9 Å². The minimum atomic E-state index is -2.15. The lowest BCUT2D eigenvalue weighted by molar-refractivity contribution is 0.661. The standard InChI is InChI=1S/C9H15N3/c1-7-8-3-5-10-6-4-9(8)12(2)11-7/h10H,3-6H2,1-2H3/i2D3. The molecule has 3 nitrogen and oxygen atoms in total. The Balaban J connectivity index is 2.49. The molecule has 0 aliphatic carbocycles. The van der Waals surface area contributed by atoms with E-state index in [0.29, 0.717) is 0 Å². The van der Waals surface area contributed by atoms with E-state index in [-0.39, 0.29) is 0 Å². The first kappa shape index (κ1) is 5.02. The second-order valence-electron chi connectivity index (χ2n) is 3.17. The third-order valence-corrected chi connectivity index (χ3v) is 2.38. The average Bonchev–Trinajstić information content (AvgIpc) is 2.37. The van der Waals surface area contributed by atoms with Crippen molar-refractivity contribution >= 4 is 0 Å². The maximum atomic E-state index is 7.41. The van der Waals surface area contributed by atoms with Gasteiger partial charge in [0.1, 0.15) is 0 Å². The highest BCUT2D eigenvalue weighted by Crippen LogP contribution is 2.15. The van der Waals surface area contributed by atoms with Crippen LogP contribution in [-0.2, 0) is 19.8 Å². The van der Waals surface area contributed by atoms with E-state index in [4.69, 9.17) is 4.11 Å². The summed E-state index contributed by atoms with van der Waals surface area (Å²) in [6.45, 7) is 1.46. The molecule has 0 fully saturated rings. The monoisotopic (exact) mass is 168 g/mol. The molecule has 1 aromatic rings. The van der Waals surface area contributed by atoms with Crippen molar-refractivity contribution in [1.29, 1.82) is 0 Å². The Morgan fingerprint density at radius 1 is 1.50 bits per heavy atom. The van der Waals surface area contributed by atoms with E-state index in [9.17, 15) is 0 Å². The van der Waals surface area contributed by atoms with Crippen LogP contribution in [0.1, 0.15) is 21.1 Å². The zero-order valence-electron chi connectivity index (χ0n) is 10.2. The van der Waals surface area contributed by atoms with Gasteiger partial charge in [-0.25, -0.2) is 0 Å². The first-order valence-electron chi connectivity index (χ1n) is 5.79. The third kappa shape index (κ3) is 1.14. The minimum absolute atomic E-state index is 0.745. The van der Waals surface area contributed by atoms with Crippen LogP contribution in [0.15, 0.2) is 0 Å². The topological polar surface area (TPSA) is 29.9 Å². The van der Waals surface area contributed by atoms with Crippen molar-refractivity contribution in [2.75, 3.05) is 13.1 Å². The van der Waals surface area contributed by atoms with E-state index in [1.165, 1.54) is 4.68 Å². The van der Waals surface area contributed by atoms with Gasteiger partial charge in [0.15, 0.2) is 0 Å². The second-order valence-corrected chi connectivity index (χ2v) is 3.17. The lowest BCUT2D eigenvalue weighted by Gasteiger charge is -1.99. The Morgan fingerprint density at radius 3 is 3.17 bits per heavy atom. The molecular weight excluding hydrogens is 150 g/mol. The lowest BCUT2D eigenvalue weighted by atomic mass is 10.1. The smallest absolute Gasteiger partial charge is 0.0628 e. The highest BCUT2D eigenvalue weighted by atomic mass is 15.3. The zero-order chi connectivity index (χ0) is 11.1. The molecular formula is C9H15N3. The number of aryl methyl sites for hydroxylation is 2. The van der Waals surface area contributed by atoms with Gasteiger partial charge in [-0.2, -0.15) is 5.10 Å². The van der Waals surface area contributed by atoms with Crippen LogP contribution in [0, 0.1) is 6.92 Å². The van der Waals surface area contributed by atoms with Gasteiger partial charge in [0.05, 0.1) is 5.69 Å². The molecule has 0 saturated heterocycles. The fraction of sp³-hybridized carbons (Fsp3) is 0.667. The van der Waals surface area contributed by atoms with Gasteiger partial charge < -0.3 is 5.32 Å². The third-order valence-electron chi connectivity index (χ3n) is 2.38. The molecule has 0 unspecified atom stereocenters. The Hall–Kier alpha value is -0.830. The summed E-state index contributed by atoms with van der Waals surface area (Å²) in [4.78, 5) is 0. The summed E-state index contributed by atoms with van der Waals surface area (Å²) < 4.78 is 23.4. The molecule has 0 radical (unpaired) electrons. The highest BCUT2D eigenvalue weighted by Gasteiger charge is 2.14. The highest BCUT2D eigenvalue weighted by molar-refractivity contribution is 5.27. The summed E-state index contributed by atoms with van der Waals surface area (Å²) >= 11 is 0. The van der Waals surface area contributed by atoms with Crippen molar-refractivity contribution in [2.24, 2.45) is 6.98 Å². The Bertz CT molecular complexity index is 367. The summed E-state index contributed by atoms with van der Waals surface area (Å²) in [5.74, 6) is 0. The maximum absolute atomic E-state index is 7.41. The predicted molar refractivity (Wildman–Crippen MR) is 48.2 cm³/mol. The molecule has 0 aromatic carbocycles. The van der Waals surface area contributed by atoms with Crippen LogP contribution in [0.2, 0.25) is 0 Å². The van der Waals surface area contributed by atoms with Gasteiger partial charge >= 0.3 is 0 Å². The van der Waals surface area contributed by atoms with Gasteiger partial charge in [0, 0.05) is 29.7 Å². The number of aromatic nitrogens is 2. The molecule has 2 rings (SSSR count). The molecule has 1 aliphatic heterocycles. The number of hydrogen-bond donors (Lipinski definition) is 1. The van der Waals surface area contributed by atoms with Crippen molar-refractivity contribution in [3.05, 3.63) is 17.0 Å². The number of nitrogens with zero attached hydrogens (tertiary/aromatic N) is 2. The molecule has 0 saturated carbocycles. The quantitative estimate of drug-likeness (QED) is 0.608. The van der Waals surface area contributed by atoms with E-state index in [2.05, 4.69) is 10.4 Å². The molecule has 12 heavy (non-hydrogen) atoms. The SMILES string of the molecule is [2H]C([2H])([2H])n1nc(C)c2c1CCNCC2. The molecule has 1 aliphatic rings. The van der Waals surface area contributed by atoms with Crippen LogP contribution in [0.4, 0.5) is 0 Å². The van der Waals surface area contributed by atoms with Crippen LogP contribution in [0.3, 0.4) is 0 Å². The van der Waals surface area contributed by atoms with Crippen molar-refractivity contribution in [1.82, 2.24) is 15.1 Å². The first-order valence-corrected chi connectivity index (χ1v) is 4.29. The summed E-state index contributed by atoms with van der Waals surface area (Å²) in [7, 11) is 0. The molecule has 1 N–H and O–H groups in total. The number of fused-ring (bicyclic) bond motifs is 1. The summed E-state index contributed by atoms with van der Waals surface area (Å²) in [5, 5.41) is 7.39. The van der Waals surface area contributed by atoms with Gasteiger partial charge in [-0.05, 0) is 25.5 Å². The van der Waals surface area contributed by atoms with Crippen LogP contribution in [0.5, 0.6) is 0 Å². The summed E-state index contributed by atoms with van der Waals surface area (Å²) in [6.07, 6.45) is 1.62. The summed E-state index contributed by atoms with van der Waals surface area (Å²) in [6, 6.07) is 0. The minimum Gasteiger partial charge on any atom is -0.316 e. The van der Waals surface area contributed by atoms with E-state index < -0.39 is 6.98 Å². The fourth-order valence-electron chi connectivity index (χ4n) is 1.73. The second kappa shape index (κ2) is 2.90. The number of nitrogens with one attached hydrogen (secondary N) is 1. The van der Waals surface area contributed by atoms with E-state index >= 15 is 0 Å². The van der Waals surface area contributed by atoms with Crippen molar-refractivity contribution < 1.29 is 4.11 Å². The Labute approximate surface area is 77.0 Å². The molecule has 0 spiro atoms. The van der Waals surface area contributed by atoms with Crippen LogP contribution in [0.25, 0.3) is 0 Å². The van der Waals surface area contributed by atoms with E-state index in [1.807, 2.05) is 6.92 Å². The molecule has 1 aromatic heterocycles. The van der Waals surface area contributed by atoms with Gasteiger partial charge in [-0.3, -0.25) is 4.68 Å². The molecule has 0 amide bonds. The molecule has 0 bridgehead atoms. The zero-order valence-corrected chi connectivity index (χ0v) is 7.22. The van der Waals surface area contributed by atoms with Crippen molar-refractivity contribution in [2.45, 2.75) is 19.8 Å². The summed E-state index contributed by atoms with van der Waals surface area (Å²) in [5.41, 5.74) is 2.83. The molecule has 66 valence electrons. The van der Waals surface area contributed by atoms with Crippen LogP contribution in [-0.4, -0.2) is 22.9 Å². The fourth-order valence-corrected chi connectivity index (χ4v) is 1.73. The van der Waals surface area contributed by atoms with Gasteiger partial charge in [0.25, 0.3) is 0 Å². The van der Waals surface area contributed by atoms with Crippen LogP contribution >= 0.6 is 0 Å². The van der Waals surface area contributed by atoms with Crippen molar-refractivity contribution in [3.63, 3.8) is 0 Å². The molecule has 2 heterocycles. The van der Waals surface area contributed by atoms with Gasteiger partial charge in [0.2, 0.25) is 0 Å². The van der Waals surface area contributed by atoms with Crippen LogP contribution < -0.4 is 5.32 Å². The lowest BCUT2D eigenvalue weighted by Crippen LogP contribution is -2.17. The maximum Gasteiger partial charge on any atom is 0.0628 e. The van der Waals surface area contributed by atoms with E-state index in [1.54, 1.807) is 0 Å².